The fraction of sp³-hybridized carbons (Fsp3) is 0.222. The van der Waals surface area contributed by atoms with Crippen molar-refractivity contribution in [2.45, 2.75) is 12.8 Å². The molecule has 8 heteroatoms. The Hall–Kier alpha value is -3.29. The number of nitrogens with one attached hydrogen (secondary N) is 2. The molecular weight excluding hydrogens is 337 g/mol. The van der Waals surface area contributed by atoms with Gasteiger partial charge in [0.15, 0.2) is 0 Å². The molecule has 0 saturated carbocycles. The molecule has 26 heavy (non-hydrogen) atoms. The first kappa shape index (κ1) is 17.5. The van der Waals surface area contributed by atoms with Crippen molar-refractivity contribution in [1.82, 2.24) is 20.4 Å². The van der Waals surface area contributed by atoms with Gasteiger partial charge < -0.3 is 15.2 Å². The van der Waals surface area contributed by atoms with Gasteiger partial charge in [-0.25, -0.2) is 9.37 Å². The quantitative estimate of drug-likeness (QED) is 0.633. The maximum absolute atomic E-state index is 13.0. The van der Waals surface area contributed by atoms with Crippen LogP contribution in [0.15, 0.2) is 47.1 Å². The van der Waals surface area contributed by atoms with E-state index in [1.807, 2.05) is 0 Å². The lowest BCUT2D eigenvalue weighted by atomic mass is 10.2. The van der Waals surface area contributed by atoms with Crippen LogP contribution in [0.1, 0.15) is 22.7 Å². The highest BCUT2D eigenvalue weighted by Gasteiger charge is 2.11. The van der Waals surface area contributed by atoms with Gasteiger partial charge in [-0.15, -0.1) is 0 Å². The molecule has 7 nitrogen and oxygen atoms in total. The summed E-state index contributed by atoms with van der Waals surface area (Å²) in [7, 11) is 1.58. The molecule has 2 N–H and O–H groups in total. The van der Waals surface area contributed by atoms with E-state index < -0.39 is 0 Å². The molecule has 1 aromatic carbocycles. The Balaban J connectivity index is 1.53. The largest absolute Gasteiger partial charge is 0.369 e. The Bertz CT molecular complexity index is 879. The summed E-state index contributed by atoms with van der Waals surface area (Å²) in [4.78, 5) is 20.3. The van der Waals surface area contributed by atoms with E-state index in [4.69, 9.17) is 4.52 Å². The van der Waals surface area contributed by atoms with Crippen LogP contribution in [-0.4, -0.2) is 34.6 Å². The Morgan fingerprint density at radius 1 is 1.23 bits per heavy atom. The summed E-state index contributed by atoms with van der Waals surface area (Å²) in [5.41, 5.74) is 1.19. The number of benzene rings is 1. The average molecular weight is 355 g/mol. The van der Waals surface area contributed by atoms with Crippen molar-refractivity contribution in [3.05, 3.63) is 59.9 Å². The molecule has 0 bridgehead atoms. The number of rotatable bonds is 7. The molecule has 0 aliphatic rings. The van der Waals surface area contributed by atoms with E-state index in [2.05, 4.69) is 25.8 Å². The van der Waals surface area contributed by atoms with Crippen LogP contribution in [0.5, 0.6) is 0 Å². The van der Waals surface area contributed by atoms with Gasteiger partial charge >= 0.3 is 0 Å². The van der Waals surface area contributed by atoms with E-state index in [9.17, 15) is 9.18 Å². The molecule has 2 heterocycles. The molecule has 134 valence electrons. The predicted octanol–water partition coefficient (Wildman–Crippen LogP) is 2.68. The average Bonchev–Trinajstić information content (AvgIpc) is 3.14. The molecule has 0 aliphatic carbocycles. The SMILES string of the molecule is CNC(=O)c1cccnc1NCCCc1nc(-c2ccc(F)cc2)no1. The standard InChI is InChI=1S/C18H18FN5O2/c1-20-18(25)14-4-2-10-21-17(14)22-11-3-5-15-23-16(24-26-15)12-6-8-13(19)9-7-12/h2,4,6-10H,3,5,11H2,1H3,(H,20,25)(H,21,22). The topological polar surface area (TPSA) is 92.9 Å². The van der Waals surface area contributed by atoms with Crippen molar-refractivity contribution in [3.63, 3.8) is 0 Å². The molecule has 3 aromatic rings. The van der Waals surface area contributed by atoms with Crippen LogP contribution in [0.3, 0.4) is 0 Å². The second kappa shape index (κ2) is 8.19. The van der Waals surface area contributed by atoms with Crippen LogP contribution in [0, 0.1) is 5.82 Å². The summed E-state index contributed by atoms with van der Waals surface area (Å²) in [5.74, 6) is 0.957. The number of pyridine rings is 1. The van der Waals surface area contributed by atoms with E-state index in [0.29, 0.717) is 41.6 Å². The van der Waals surface area contributed by atoms with Crippen molar-refractivity contribution in [2.24, 2.45) is 0 Å². The van der Waals surface area contributed by atoms with Gasteiger partial charge in [-0.2, -0.15) is 4.98 Å². The number of aryl methyl sites for hydroxylation is 1. The lowest BCUT2D eigenvalue weighted by Gasteiger charge is -2.09. The van der Waals surface area contributed by atoms with Crippen LogP contribution in [-0.2, 0) is 6.42 Å². The zero-order valence-corrected chi connectivity index (χ0v) is 14.2. The Morgan fingerprint density at radius 3 is 2.81 bits per heavy atom. The number of nitrogens with zero attached hydrogens (tertiary/aromatic N) is 3. The lowest BCUT2D eigenvalue weighted by molar-refractivity contribution is 0.0963. The second-order valence-electron chi connectivity index (χ2n) is 5.53. The summed E-state index contributed by atoms with van der Waals surface area (Å²) in [6.07, 6.45) is 2.92. The number of carbonyl (C=O) groups excluding carboxylic acids is 1. The molecular formula is C18H18FN5O2. The third-order valence-corrected chi connectivity index (χ3v) is 3.71. The third kappa shape index (κ3) is 4.21. The van der Waals surface area contributed by atoms with E-state index in [-0.39, 0.29) is 11.7 Å². The van der Waals surface area contributed by atoms with Crippen LogP contribution in [0.2, 0.25) is 0 Å². The summed E-state index contributed by atoms with van der Waals surface area (Å²) >= 11 is 0. The first-order chi connectivity index (χ1) is 12.7. The number of hydrogen-bond donors (Lipinski definition) is 2. The number of amides is 1. The zero-order chi connectivity index (χ0) is 18.4. The number of halogens is 1. The van der Waals surface area contributed by atoms with Crippen LogP contribution >= 0.6 is 0 Å². The van der Waals surface area contributed by atoms with Crippen LogP contribution in [0.25, 0.3) is 11.4 Å². The number of aromatic nitrogens is 3. The van der Waals surface area contributed by atoms with Gasteiger partial charge in [-0.1, -0.05) is 5.16 Å². The maximum Gasteiger partial charge on any atom is 0.254 e. The fourth-order valence-electron chi connectivity index (χ4n) is 2.38. The summed E-state index contributed by atoms with van der Waals surface area (Å²) < 4.78 is 18.2. The van der Waals surface area contributed by atoms with Crippen LogP contribution < -0.4 is 10.6 Å². The van der Waals surface area contributed by atoms with Crippen molar-refractivity contribution < 1.29 is 13.7 Å². The van der Waals surface area contributed by atoms with Gasteiger partial charge in [0.05, 0.1) is 5.56 Å². The molecule has 0 aliphatic heterocycles. The molecule has 0 fully saturated rings. The third-order valence-electron chi connectivity index (χ3n) is 3.71. The molecule has 0 unspecified atom stereocenters. The van der Waals surface area contributed by atoms with E-state index in [0.717, 1.165) is 6.42 Å². The smallest absolute Gasteiger partial charge is 0.254 e. The predicted molar refractivity (Wildman–Crippen MR) is 94.1 cm³/mol. The number of carbonyl (C=O) groups is 1. The van der Waals surface area contributed by atoms with E-state index in [1.165, 1.54) is 12.1 Å². The Morgan fingerprint density at radius 2 is 2.04 bits per heavy atom. The van der Waals surface area contributed by atoms with Gasteiger partial charge in [0.1, 0.15) is 11.6 Å². The first-order valence-electron chi connectivity index (χ1n) is 8.17. The van der Waals surface area contributed by atoms with Gasteiger partial charge in [0.25, 0.3) is 5.91 Å². The highest BCUT2D eigenvalue weighted by Crippen LogP contribution is 2.17. The zero-order valence-electron chi connectivity index (χ0n) is 14.2. The lowest BCUT2D eigenvalue weighted by Crippen LogP contribution is -2.20. The summed E-state index contributed by atoms with van der Waals surface area (Å²) in [6.45, 7) is 0.593. The van der Waals surface area contributed by atoms with E-state index >= 15 is 0 Å². The van der Waals surface area contributed by atoms with Crippen molar-refractivity contribution in [3.8, 4) is 11.4 Å². The molecule has 0 saturated heterocycles. The monoisotopic (exact) mass is 355 g/mol. The van der Waals surface area contributed by atoms with Crippen molar-refractivity contribution >= 4 is 11.7 Å². The normalized spacial score (nSPS) is 10.5. The fourth-order valence-corrected chi connectivity index (χ4v) is 2.38. The van der Waals surface area contributed by atoms with Gasteiger partial charge in [0.2, 0.25) is 11.7 Å². The highest BCUT2D eigenvalue weighted by molar-refractivity contribution is 5.98. The van der Waals surface area contributed by atoms with Gasteiger partial charge in [-0.3, -0.25) is 4.79 Å². The molecule has 3 rings (SSSR count). The summed E-state index contributed by atoms with van der Waals surface area (Å²) in [5, 5.41) is 9.63. The van der Waals surface area contributed by atoms with E-state index in [1.54, 1.807) is 37.5 Å². The van der Waals surface area contributed by atoms with Crippen LogP contribution in [0.4, 0.5) is 10.2 Å². The molecule has 0 radical (unpaired) electrons. The Labute approximate surface area is 149 Å². The first-order valence-corrected chi connectivity index (χ1v) is 8.17. The minimum atomic E-state index is -0.311. The van der Waals surface area contributed by atoms with Gasteiger partial charge in [0, 0.05) is 31.8 Å². The Kier molecular flexibility index (Phi) is 5.52. The summed E-state index contributed by atoms with van der Waals surface area (Å²) in [6, 6.07) is 9.34. The van der Waals surface area contributed by atoms with Gasteiger partial charge in [-0.05, 0) is 42.8 Å². The number of hydrogen-bond acceptors (Lipinski definition) is 6. The highest BCUT2D eigenvalue weighted by atomic mass is 19.1. The molecule has 2 aromatic heterocycles. The minimum absolute atomic E-state index is 0.193. The minimum Gasteiger partial charge on any atom is -0.369 e. The maximum atomic E-state index is 13.0. The number of anilines is 1. The second-order valence-corrected chi connectivity index (χ2v) is 5.53. The molecule has 0 atom stereocenters. The molecule has 1 amide bonds. The molecule has 0 spiro atoms. The van der Waals surface area contributed by atoms with Crippen molar-refractivity contribution in [2.75, 3.05) is 18.9 Å². The van der Waals surface area contributed by atoms with Crippen molar-refractivity contribution in [1.29, 1.82) is 0 Å².